The van der Waals surface area contributed by atoms with Gasteiger partial charge in [0.05, 0.1) is 0 Å². The van der Waals surface area contributed by atoms with Crippen LogP contribution >= 0.6 is 0 Å². The molecule has 2 atom stereocenters. The number of benzene rings is 1. The van der Waals surface area contributed by atoms with E-state index >= 15 is 0 Å². The van der Waals surface area contributed by atoms with Gasteiger partial charge in [-0.25, -0.2) is 4.98 Å². The first kappa shape index (κ1) is 14.3. The van der Waals surface area contributed by atoms with Crippen molar-refractivity contribution in [3.8, 4) is 0 Å². The quantitative estimate of drug-likeness (QED) is 0.849. The number of hydrogen-bond donors (Lipinski definition) is 1. The van der Waals surface area contributed by atoms with Crippen LogP contribution in [0.15, 0.2) is 30.6 Å². The third kappa shape index (κ3) is 2.86. The summed E-state index contributed by atoms with van der Waals surface area (Å²) in [7, 11) is 0. The fourth-order valence-electron chi connectivity index (χ4n) is 3.32. The SMILES string of the molecule is CCCn1ncnc1CC(NCC)C1Cc2ccccc21. The van der Waals surface area contributed by atoms with Crippen LogP contribution in [0.2, 0.25) is 0 Å². The van der Waals surface area contributed by atoms with E-state index in [2.05, 4.69) is 58.2 Å². The van der Waals surface area contributed by atoms with Crippen LogP contribution in [-0.2, 0) is 19.4 Å². The van der Waals surface area contributed by atoms with Gasteiger partial charge in [-0.1, -0.05) is 38.1 Å². The van der Waals surface area contributed by atoms with E-state index in [1.165, 1.54) is 17.5 Å². The molecule has 1 N–H and O–H groups in total. The highest BCUT2D eigenvalue weighted by Crippen LogP contribution is 2.38. The maximum absolute atomic E-state index is 4.47. The smallest absolute Gasteiger partial charge is 0.138 e. The summed E-state index contributed by atoms with van der Waals surface area (Å²) in [6, 6.07) is 9.24. The summed E-state index contributed by atoms with van der Waals surface area (Å²) in [6.45, 7) is 6.30. The first-order valence-electron chi connectivity index (χ1n) is 8.01. The van der Waals surface area contributed by atoms with Crippen molar-refractivity contribution in [1.82, 2.24) is 20.1 Å². The van der Waals surface area contributed by atoms with E-state index in [0.29, 0.717) is 12.0 Å². The average molecular weight is 284 g/mol. The second kappa shape index (κ2) is 6.39. The molecule has 2 unspecified atom stereocenters. The van der Waals surface area contributed by atoms with E-state index in [1.54, 1.807) is 6.33 Å². The van der Waals surface area contributed by atoms with E-state index in [4.69, 9.17) is 0 Å². The van der Waals surface area contributed by atoms with Crippen LogP contribution in [0.5, 0.6) is 0 Å². The van der Waals surface area contributed by atoms with Crippen molar-refractivity contribution in [1.29, 1.82) is 0 Å². The molecule has 3 rings (SSSR count). The van der Waals surface area contributed by atoms with Crippen molar-refractivity contribution in [2.24, 2.45) is 0 Å². The minimum Gasteiger partial charge on any atom is -0.313 e. The van der Waals surface area contributed by atoms with Crippen molar-refractivity contribution in [3.63, 3.8) is 0 Å². The molecular weight excluding hydrogens is 260 g/mol. The molecule has 2 aromatic rings. The van der Waals surface area contributed by atoms with Crippen LogP contribution in [0.4, 0.5) is 0 Å². The van der Waals surface area contributed by atoms with Gasteiger partial charge in [-0.15, -0.1) is 0 Å². The molecule has 0 bridgehead atoms. The van der Waals surface area contributed by atoms with Crippen LogP contribution < -0.4 is 5.32 Å². The van der Waals surface area contributed by atoms with Crippen molar-refractivity contribution in [2.45, 2.75) is 51.6 Å². The lowest BCUT2D eigenvalue weighted by molar-refractivity contribution is 0.390. The average Bonchev–Trinajstić information content (AvgIpc) is 2.88. The van der Waals surface area contributed by atoms with Gasteiger partial charge in [0.2, 0.25) is 0 Å². The molecule has 1 heterocycles. The molecule has 0 radical (unpaired) electrons. The van der Waals surface area contributed by atoms with Gasteiger partial charge in [-0.3, -0.25) is 4.68 Å². The summed E-state index contributed by atoms with van der Waals surface area (Å²) in [6.07, 6.45) is 4.90. The largest absolute Gasteiger partial charge is 0.313 e. The Morgan fingerprint density at radius 1 is 1.33 bits per heavy atom. The fourth-order valence-corrected chi connectivity index (χ4v) is 3.32. The Balaban J connectivity index is 1.75. The number of likely N-dealkylation sites (N-methyl/N-ethyl adjacent to an activating group) is 1. The second-order valence-corrected chi connectivity index (χ2v) is 5.78. The molecule has 1 aliphatic rings. The molecule has 1 aromatic carbocycles. The number of rotatable bonds is 7. The zero-order chi connectivity index (χ0) is 14.7. The maximum atomic E-state index is 4.47. The highest BCUT2D eigenvalue weighted by Gasteiger charge is 2.33. The second-order valence-electron chi connectivity index (χ2n) is 5.78. The van der Waals surface area contributed by atoms with Gasteiger partial charge in [0.25, 0.3) is 0 Å². The summed E-state index contributed by atoms with van der Waals surface area (Å²) in [5, 5.41) is 8.00. The topological polar surface area (TPSA) is 42.7 Å². The molecule has 112 valence electrons. The molecule has 0 saturated carbocycles. The summed E-state index contributed by atoms with van der Waals surface area (Å²) in [5.41, 5.74) is 3.01. The Labute approximate surface area is 126 Å². The van der Waals surface area contributed by atoms with Crippen molar-refractivity contribution < 1.29 is 0 Å². The molecule has 1 aromatic heterocycles. The molecule has 0 saturated heterocycles. The Morgan fingerprint density at radius 2 is 2.19 bits per heavy atom. The minimum absolute atomic E-state index is 0.449. The number of aryl methyl sites for hydroxylation is 1. The molecular formula is C17H24N4. The van der Waals surface area contributed by atoms with Gasteiger partial charge in [-0.05, 0) is 30.5 Å². The van der Waals surface area contributed by atoms with Gasteiger partial charge in [0.15, 0.2) is 0 Å². The van der Waals surface area contributed by atoms with Crippen LogP contribution in [0, 0.1) is 0 Å². The third-order valence-corrected chi connectivity index (χ3v) is 4.38. The van der Waals surface area contributed by atoms with Crippen LogP contribution in [0.1, 0.15) is 43.1 Å². The van der Waals surface area contributed by atoms with E-state index in [0.717, 1.165) is 31.8 Å². The van der Waals surface area contributed by atoms with Gasteiger partial charge in [-0.2, -0.15) is 5.10 Å². The summed E-state index contributed by atoms with van der Waals surface area (Å²) in [5.74, 6) is 1.71. The number of fused-ring (bicyclic) bond motifs is 1. The third-order valence-electron chi connectivity index (χ3n) is 4.38. The Morgan fingerprint density at radius 3 is 2.95 bits per heavy atom. The predicted molar refractivity (Wildman–Crippen MR) is 84.4 cm³/mol. The number of nitrogens with zero attached hydrogens (tertiary/aromatic N) is 3. The lowest BCUT2D eigenvalue weighted by atomic mass is 9.72. The van der Waals surface area contributed by atoms with Crippen LogP contribution in [0.3, 0.4) is 0 Å². The monoisotopic (exact) mass is 284 g/mol. The van der Waals surface area contributed by atoms with Crippen LogP contribution in [-0.4, -0.2) is 27.4 Å². The normalized spacial score (nSPS) is 18.1. The van der Waals surface area contributed by atoms with Gasteiger partial charge in [0.1, 0.15) is 12.2 Å². The van der Waals surface area contributed by atoms with Gasteiger partial charge < -0.3 is 5.32 Å². The molecule has 21 heavy (non-hydrogen) atoms. The molecule has 1 aliphatic carbocycles. The molecule has 4 heteroatoms. The fraction of sp³-hybridized carbons (Fsp3) is 0.529. The Bertz CT molecular complexity index is 590. The first-order valence-corrected chi connectivity index (χ1v) is 8.01. The lowest BCUT2D eigenvalue weighted by Crippen LogP contribution is -2.42. The Hall–Kier alpha value is -1.68. The van der Waals surface area contributed by atoms with Crippen molar-refractivity contribution in [2.75, 3.05) is 6.54 Å². The standard InChI is InChI=1S/C17H24N4/c1-3-9-21-17(19-12-20-21)11-16(18-4-2)15-10-13-7-5-6-8-14(13)15/h5-8,12,15-16,18H,3-4,9-11H2,1-2H3. The van der Waals surface area contributed by atoms with E-state index in [9.17, 15) is 0 Å². The molecule has 0 amide bonds. The van der Waals surface area contributed by atoms with Gasteiger partial charge in [0, 0.05) is 24.9 Å². The van der Waals surface area contributed by atoms with Crippen LogP contribution in [0.25, 0.3) is 0 Å². The molecule has 0 aliphatic heterocycles. The predicted octanol–water partition coefficient (Wildman–Crippen LogP) is 2.55. The van der Waals surface area contributed by atoms with E-state index in [-0.39, 0.29) is 0 Å². The Kier molecular flexibility index (Phi) is 4.34. The lowest BCUT2D eigenvalue weighted by Gasteiger charge is -2.37. The summed E-state index contributed by atoms with van der Waals surface area (Å²) >= 11 is 0. The number of hydrogen-bond acceptors (Lipinski definition) is 3. The molecule has 0 fully saturated rings. The molecule has 4 nitrogen and oxygen atoms in total. The summed E-state index contributed by atoms with van der Waals surface area (Å²) in [4.78, 5) is 4.47. The number of nitrogens with one attached hydrogen (secondary N) is 1. The molecule has 0 spiro atoms. The minimum atomic E-state index is 0.449. The van der Waals surface area contributed by atoms with Crippen molar-refractivity contribution >= 4 is 0 Å². The van der Waals surface area contributed by atoms with Gasteiger partial charge >= 0.3 is 0 Å². The number of aromatic nitrogens is 3. The van der Waals surface area contributed by atoms with E-state index < -0.39 is 0 Å². The first-order chi connectivity index (χ1) is 10.3. The highest BCUT2D eigenvalue weighted by molar-refractivity contribution is 5.41. The zero-order valence-corrected chi connectivity index (χ0v) is 12.9. The summed E-state index contributed by atoms with van der Waals surface area (Å²) < 4.78 is 2.05. The maximum Gasteiger partial charge on any atom is 0.138 e. The zero-order valence-electron chi connectivity index (χ0n) is 12.9. The van der Waals surface area contributed by atoms with Crippen molar-refractivity contribution in [3.05, 3.63) is 47.5 Å². The van der Waals surface area contributed by atoms with E-state index in [1.807, 2.05) is 0 Å². The highest BCUT2D eigenvalue weighted by atomic mass is 15.3.